The first kappa shape index (κ1) is 17.9. The van der Waals surface area contributed by atoms with E-state index in [1.165, 1.54) is 36.7 Å². The zero-order valence-electron chi connectivity index (χ0n) is 12.9. The van der Waals surface area contributed by atoms with Gasteiger partial charge in [-0.1, -0.05) is 19.1 Å². The summed E-state index contributed by atoms with van der Waals surface area (Å²) in [6.45, 7) is 1.77. The minimum Gasteiger partial charge on any atom is -0.386 e. The maximum atomic E-state index is 12.6. The fraction of sp³-hybridized carbons (Fsp3) is 0.294. The highest BCUT2D eigenvalue weighted by Gasteiger charge is 2.30. The molecule has 0 aliphatic heterocycles. The highest BCUT2D eigenvalue weighted by atomic mass is 19.4. The van der Waals surface area contributed by atoms with Gasteiger partial charge in [-0.2, -0.15) is 13.2 Å². The number of pyridine rings is 1. The maximum absolute atomic E-state index is 12.6. The van der Waals surface area contributed by atoms with Crippen molar-refractivity contribution in [3.8, 4) is 0 Å². The topological polar surface area (TPSA) is 62.2 Å². The molecule has 1 aromatic heterocycles. The van der Waals surface area contributed by atoms with Crippen LogP contribution in [0.25, 0.3) is 0 Å². The molecule has 4 nitrogen and oxygen atoms in total. The van der Waals surface area contributed by atoms with Gasteiger partial charge in [0.1, 0.15) is 0 Å². The van der Waals surface area contributed by atoms with Crippen LogP contribution in [0.2, 0.25) is 0 Å². The van der Waals surface area contributed by atoms with Crippen molar-refractivity contribution in [1.82, 2.24) is 10.3 Å². The Morgan fingerprint density at radius 1 is 1.17 bits per heavy atom. The number of nitrogens with one attached hydrogen (secondary N) is 1. The van der Waals surface area contributed by atoms with Gasteiger partial charge in [-0.25, -0.2) is 0 Å². The maximum Gasteiger partial charge on any atom is 0.416 e. The van der Waals surface area contributed by atoms with Crippen LogP contribution in [0.1, 0.15) is 40.9 Å². The predicted octanol–water partition coefficient (Wildman–Crippen LogP) is 3.34. The number of nitrogens with zero attached hydrogens (tertiary/aromatic N) is 1. The quantitative estimate of drug-likeness (QED) is 0.879. The Bertz CT molecular complexity index is 672. The standard InChI is InChI=1S/C17H17F3N2O2/c1-2-14(22-16(24)12-7-9-21-10-8-12)15(23)11-3-5-13(6-4-11)17(18,19)20/h3-10,14-15,23H,2H2,1H3,(H,22,24). The number of carbonyl (C=O) groups excluding carboxylic acids is 1. The number of rotatable bonds is 5. The summed E-state index contributed by atoms with van der Waals surface area (Å²) in [4.78, 5) is 16.0. The molecule has 0 fully saturated rings. The average molecular weight is 338 g/mol. The van der Waals surface area contributed by atoms with Crippen molar-refractivity contribution in [2.75, 3.05) is 0 Å². The second-order valence-electron chi connectivity index (χ2n) is 5.29. The number of alkyl halides is 3. The lowest BCUT2D eigenvalue weighted by atomic mass is 9.98. The van der Waals surface area contributed by atoms with Crippen molar-refractivity contribution in [3.63, 3.8) is 0 Å². The molecule has 7 heteroatoms. The van der Waals surface area contributed by atoms with Gasteiger partial charge in [0.15, 0.2) is 0 Å². The summed E-state index contributed by atoms with van der Waals surface area (Å²) < 4.78 is 37.7. The van der Waals surface area contributed by atoms with Crippen LogP contribution >= 0.6 is 0 Å². The number of aliphatic hydroxyl groups is 1. The minimum atomic E-state index is -4.43. The Labute approximate surface area is 137 Å². The molecule has 1 amide bonds. The molecule has 0 spiro atoms. The van der Waals surface area contributed by atoms with Crippen molar-refractivity contribution >= 4 is 5.91 Å². The minimum absolute atomic E-state index is 0.310. The third-order valence-corrected chi connectivity index (χ3v) is 3.66. The SMILES string of the molecule is CCC(NC(=O)c1ccncc1)C(O)c1ccc(C(F)(F)F)cc1. The van der Waals surface area contributed by atoms with Crippen LogP contribution in [0.5, 0.6) is 0 Å². The van der Waals surface area contributed by atoms with Crippen molar-refractivity contribution in [2.45, 2.75) is 31.7 Å². The molecule has 2 unspecified atom stereocenters. The zero-order valence-corrected chi connectivity index (χ0v) is 12.9. The van der Waals surface area contributed by atoms with Gasteiger partial charge in [-0.3, -0.25) is 9.78 Å². The van der Waals surface area contributed by atoms with Gasteiger partial charge in [0.2, 0.25) is 0 Å². The summed E-state index contributed by atoms with van der Waals surface area (Å²) in [6, 6.07) is 6.71. The Hall–Kier alpha value is -2.41. The molecular weight excluding hydrogens is 321 g/mol. The zero-order chi connectivity index (χ0) is 17.7. The summed E-state index contributed by atoms with van der Waals surface area (Å²) in [5.41, 5.74) is -0.0831. The summed E-state index contributed by atoms with van der Waals surface area (Å²) in [5, 5.41) is 13.0. The van der Waals surface area contributed by atoms with E-state index in [-0.39, 0.29) is 5.91 Å². The number of benzene rings is 1. The van der Waals surface area contributed by atoms with Crippen LogP contribution in [0.15, 0.2) is 48.8 Å². The predicted molar refractivity (Wildman–Crippen MR) is 82.2 cm³/mol. The van der Waals surface area contributed by atoms with Gasteiger partial charge in [-0.05, 0) is 36.2 Å². The normalized spacial score (nSPS) is 14.0. The Morgan fingerprint density at radius 2 is 1.75 bits per heavy atom. The molecule has 1 heterocycles. The van der Waals surface area contributed by atoms with Gasteiger partial charge in [0, 0.05) is 18.0 Å². The first-order valence-electron chi connectivity index (χ1n) is 7.39. The summed E-state index contributed by atoms with van der Waals surface area (Å²) in [6.07, 6.45) is -2.17. The number of aliphatic hydroxyl groups excluding tert-OH is 1. The van der Waals surface area contributed by atoms with Gasteiger partial charge in [0.05, 0.1) is 17.7 Å². The van der Waals surface area contributed by atoms with Crippen LogP contribution in [-0.4, -0.2) is 22.0 Å². The highest BCUT2D eigenvalue weighted by Crippen LogP contribution is 2.30. The van der Waals surface area contributed by atoms with Crippen molar-refractivity contribution < 1.29 is 23.1 Å². The van der Waals surface area contributed by atoms with Gasteiger partial charge in [-0.15, -0.1) is 0 Å². The van der Waals surface area contributed by atoms with Crippen LogP contribution in [-0.2, 0) is 6.18 Å². The van der Waals surface area contributed by atoms with E-state index >= 15 is 0 Å². The summed E-state index contributed by atoms with van der Waals surface area (Å²) in [7, 11) is 0. The van der Waals surface area contributed by atoms with Crippen LogP contribution < -0.4 is 5.32 Å². The molecule has 128 valence electrons. The van der Waals surface area contributed by atoms with E-state index in [0.29, 0.717) is 17.5 Å². The first-order chi connectivity index (χ1) is 11.3. The summed E-state index contributed by atoms with van der Waals surface area (Å²) >= 11 is 0. The lowest BCUT2D eigenvalue weighted by Crippen LogP contribution is -2.38. The Kier molecular flexibility index (Phi) is 5.56. The molecule has 2 N–H and O–H groups in total. The molecule has 0 bridgehead atoms. The lowest BCUT2D eigenvalue weighted by molar-refractivity contribution is -0.137. The van der Waals surface area contributed by atoms with E-state index < -0.39 is 23.9 Å². The molecule has 1 aromatic carbocycles. The van der Waals surface area contributed by atoms with Gasteiger partial charge in [0.25, 0.3) is 5.91 Å². The van der Waals surface area contributed by atoms with E-state index in [9.17, 15) is 23.1 Å². The van der Waals surface area contributed by atoms with Crippen LogP contribution in [0.4, 0.5) is 13.2 Å². The fourth-order valence-electron chi connectivity index (χ4n) is 2.26. The Balaban J connectivity index is 2.11. The van der Waals surface area contributed by atoms with Gasteiger partial charge >= 0.3 is 6.18 Å². The van der Waals surface area contributed by atoms with E-state index in [1.54, 1.807) is 6.92 Å². The summed E-state index contributed by atoms with van der Waals surface area (Å²) in [5.74, 6) is -0.379. The molecule has 0 radical (unpaired) electrons. The van der Waals surface area contributed by atoms with Gasteiger partial charge < -0.3 is 10.4 Å². The van der Waals surface area contributed by atoms with E-state index in [0.717, 1.165) is 12.1 Å². The fourth-order valence-corrected chi connectivity index (χ4v) is 2.26. The third kappa shape index (κ3) is 4.32. The first-order valence-corrected chi connectivity index (χ1v) is 7.39. The number of aromatic nitrogens is 1. The van der Waals surface area contributed by atoms with E-state index in [4.69, 9.17) is 0 Å². The number of hydrogen-bond acceptors (Lipinski definition) is 3. The molecule has 2 aromatic rings. The van der Waals surface area contributed by atoms with Crippen molar-refractivity contribution in [2.24, 2.45) is 0 Å². The average Bonchev–Trinajstić information content (AvgIpc) is 2.59. The largest absolute Gasteiger partial charge is 0.416 e. The second kappa shape index (κ2) is 7.44. The van der Waals surface area contributed by atoms with Crippen molar-refractivity contribution in [3.05, 3.63) is 65.5 Å². The Morgan fingerprint density at radius 3 is 2.25 bits per heavy atom. The molecule has 2 atom stereocenters. The number of halogens is 3. The van der Waals surface area contributed by atoms with E-state index in [2.05, 4.69) is 10.3 Å². The van der Waals surface area contributed by atoms with Crippen molar-refractivity contribution in [1.29, 1.82) is 0 Å². The monoisotopic (exact) mass is 338 g/mol. The smallest absolute Gasteiger partial charge is 0.386 e. The third-order valence-electron chi connectivity index (χ3n) is 3.66. The molecule has 2 rings (SSSR count). The second-order valence-corrected chi connectivity index (χ2v) is 5.29. The van der Waals surface area contributed by atoms with Crippen LogP contribution in [0.3, 0.4) is 0 Å². The highest BCUT2D eigenvalue weighted by molar-refractivity contribution is 5.94. The number of amides is 1. The molecule has 0 saturated heterocycles. The number of hydrogen-bond donors (Lipinski definition) is 2. The molecule has 0 saturated carbocycles. The van der Waals surface area contributed by atoms with Crippen LogP contribution in [0, 0.1) is 0 Å². The molecule has 0 aliphatic carbocycles. The molecule has 24 heavy (non-hydrogen) atoms. The lowest BCUT2D eigenvalue weighted by Gasteiger charge is -2.23. The van der Waals surface area contributed by atoms with E-state index in [1.807, 2.05) is 0 Å². The molecular formula is C17H17F3N2O2. The number of carbonyl (C=O) groups is 1. The molecule has 0 aliphatic rings.